The van der Waals surface area contributed by atoms with Crippen LogP contribution >= 0.6 is 0 Å². The summed E-state index contributed by atoms with van der Waals surface area (Å²) in [6, 6.07) is 16.9. The first kappa shape index (κ1) is 17.7. The minimum Gasteiger partial charge on any atom is -0.345 e. The second-order valence-electron chi connectivity index (χ2n) is 5.95. The highest BCUT2D eigenvalue weighted by atomic mass is 16.2. The monoisotopic (exact) mass is 321 g/mol. The van der Waals surface area contributed by atoms with Crippen molar-refractivity contribution in [1.29, 1.82) is 0 Å². The normalized spacial score (nSPS) is 11.2. The van der Waals surface area contributed by atoms with Gasteiger partial charge in [-0.15, -0.1) is 0 Å². The van der Waals surface area contributed by atoms with Crippen molar-refractivity contribution < 1.29 is 9.59 Å². The first-order valence-corrected chi connectivity index (χ1v) is 8.15. The Kier molecular flexibility index (Phi) is 6.07. The van der Waals surface area contributed by atoms with Crippen LogP contribution in [0.25, 0.3) is 6.08 Å². The van der Waals surface area contributed by atoms with E-state index in [4.69, 9.17) is 0 Å². The molecule has 0 aromatic heterocycles. The summed E-state index contributed by atoms with van der Waals surface area (Å²) in [6.45, 7) is 2.13. The van der Waals surface area contributed by atoms with Crippen LogP contribution in [0.15, 0.2) is 60.2 Å². The molecule has 124 valence electrons. The third-order valence-electron chi connectivity index (χ3n) is 3.72. The molecule has 0 atom stereocenters. The van der Waals surface area contributed by atoms with Crippen molar-refractivity contribution >= 4 is 17.8 Å². The van der Waals surface area contributed by atoms with E-state index in [1.165, 1.54) is 10.5 Å². The number of amides is 1. The molecule has 0 N–H and O–H groups in total. The average Bonchev–Trinajstić information content (AvgIpc) is 2.60. The van der Waals surface area contributed by atoms with Crippen molar-refractivity contribution in [3.05, 3.63) is 76.9 Å². The van der Waals surface area contributed by atoms with E-state index in [2.05, 4.69) is 13.0 Å². The standard InChI is InChI=1S/C21H23NO2/c1-4-9-16-10-8-11-17(14-16)15-19(21(24)22(2)3)20(23)18-12-6-5-7-13-18/h5-8,10-15H,4,9H2,1-3H3. The zero-order valence-corrected chi connectivity index (χ0v) is 14.5. The summed E-state index contributed by atoms with van der Waals surface area (Å²) in [7, 11) is 3.31. The molecule has 1 amide bonds. The van der Waals surface area contributed by atoms with Gasteiger partial charge in [-0.25, -0.2) is 0 Å². The van der Waals surface area contributed by atoms with E-state index in [0.29, 0.717) is 5.56 Å². The summed E-state index contributed by atoms with van der Waals surface area (Å²) in [5, 5.41) is 0. The van der Waals surface area contributed by atoms with Gasteiger partial charge in [-0.05, 0) is 23.6 Å². The maximum Gasteiger partial charge on any atom is 0.257 e. The number of hydrogen-bond donors (Lipinski definition) is 0. The third kappa shape index (κ3) is 4.42. The lowest BCUT2D eigenvalue weighted by Crippen LogP contribution is -2.27. The Balaban J connectivity index is 2.45. The molecular weight excluding hydrogens is 298 g/mol. The van der Waals surface area contributed by atoms with Crippen molar-refractivity contribution in [3.8, 4) is 0 Å². The van der Waals surface area contributed by atoms with E-state index >= 15 is 0 Å². The van der Waals surface area contributed by atoms with Gasteiger partial charge in [0, 0.05) is 19.7 Å². The molecule has 2 rings (SSSR count). The summed E-state index contributed by atoms with van der Waals surface area (Å²) in [5.74, 6) is -0.542. The summed E-state index contributed by atoms with van der Waals surface area (Å²) in [4.78, 5) is 26.7. The van der Waals surface area contributed by atoms with E-state index in [9.17, 15) is 9.59 Å². The number of benzene rings is 2. The summed E-state index contributed by atoms with van der Waals surface area (Å²) >= 11 is 0. The fourth-order valence-electron chi connectivity index (χ4n) is 2.50. The van der Waals surface area contributed by atoms with Gasteiger partial charge in [0.1, 0.15) is 0 Å². The maximum absolute atomic E-state index is 12.8. The van der Waals surface area contributed by atoms with Crippen LogP contribution in [0.4, 0.5) is 0 Å². The van der Waals surface area contributed by atoms with Crippen LogP contribution in [-0.2, 0) is 11.2 Å². The van der Waals surface area contributed by atoms with E-state index in [1.807, 2.05) is 24.3 Å². The molecule has 0 heterocycles. The Morgan fingerprint density at radius 1 is 1.00 bits per heavy atom. The molecule has 0 saturated carbocycles. The lowest BCUT2D eigenvalue weighted by Gasteiger charge is -2.13. The number of carbonyl (C=O) groups excluding carboxylic acids is 2. The third-order valence-corrected chi connectivity index (χ3v) is 3.72. The summed E-state index contributed by atoms with van der Waals surface area (Å²) in [6.07, 6.45) is 3.72. The van der Waals surface area contributed by atoms with E-state index in [0.717, 1.165) is 18.4 Å². The minimum atomic E-state index is -0.287. The maximum atomic E-state index is 12.8. The van der Waals surface area contributed by atoms with Gasteiger partial charge in [-0.1, -0.05) is 67.9 Å². The van der Waals surface area contributed by atoms with Gasteiger partial charge < -0.3 is 4.90 Å². The van der Waals surface area contributed by atoms with Gasteiger partial charge >= 0.3 is 0 Å². The molecule has 0 bridgehead atoms. The molecule has 2 aromatic rings. The van der Waals surface area contributed by atoms with E-state index in [1.54, 1.807) is 44.4 Å². The first-order valence-electron chi connectivity index (χ1n) is 8.15. The molecule has 3 heteroatoms. The second-order valence-corrected chi connectivity index (χ2v) is 5.95. The molecule has 0 fully saturated rings. The quantitative estimate of drug-likeness (QED) is 0.349. The lowest BCUT2D eigenvalue weighted by molar-refractivity contribution is -0.124. The predicted octanol–water partition coefficient (Wildman–Crippen LogP) is 3.99. The van der Waals surface area contributed by atoms with E-state index < -0.39 is 0 Å². The van der Waals surface area contributed by atoms with Crippen molar-refractivity contribution in [3.63, 3.8) is 0 Å². The SMILES string of the molecule is CCCc1cccc(C=C(C(=O)c2ccccc2)C(=O)N(C)C)c1. The van der Waals surface area contributed by atoms with Crippen LogP contribution in [0.2, 0.25) is 0 Å². The minimum absolute atomic E-state index is 0.180. The van der Waals surface area contributed by atoms with Crippen molar-refractivity contribution in [1.82, 2.24) is 4.90 Å². The molecule has 0 spiro atoms. The Hall–Kier alpha value is -2.68. The fourth-order valence-corrected chi connectivity index (χ4v) is 2.50. The number of Topliss-reactive ketones (excluding diaryl/α,β-unsaturated/α-hetero) is 1. The van der Waals surface area contributed by atoms with Gasteiger partial charge in [-0.3, -0.25) is 9.59 Å². The number of hydrogen-bond acceptors (Lipinski definition) is 2. The average molecular weight is 321 g/mol. The number of ketones is 1. The lowest BCUT2D eigenvalue weighted by atomic mass is 9.98. The van der Waals surface area contributed by atoms with E-state index in [-0.39, 0.29) is 17.3 Å². The number of likely N-dealkylation sites (N-methyl/N-ethyl adjacent to an activating group) is 1. The Bertz CT molecular complexity index is 745. The van der Waals surface area contributed by atoms with Crippen molar-refractivity contribution in [2.75, 3.05) is 14.1 Å². The topological polar surface area (TPSA) is 37.4 Å². The van der Waals surface area contributed by atoms with Gasteiger partial charge in [0.15, 0.2) is 5.78 Å². The van der Waals surface area contributed by atoms with Crippen LogP contribution < -0.4 is 0 Å². The molecule has 2 aromatic carbocycles. The van der Waals surface area contributed by atoms with Crippen molar-refractivity contribution in [2.45, 2.75) is 19.8 Å². The molecule has 0 unspecified atom stereocenters. The Morgan fingerprint density at radius 2 is 1.71 bits per heavy atom. The van der Waals surface area contributed by atoms with Crippen LogP contribution in [0, 0.1) is 0 Å². The molecule has 24 heavy (non-hydrogen) atoms. The molecule has 0 radical (unpaired) electrons. The number of nitrogens with zero attached hydrogens (tertiary/aromatic N) is 1. The van der Waals surface area contributed by atoms with Gasteiger partial charge in [-0.2, -0.15) is 0 Å². The molecule has 0 aliphatic heterocycles. The number of rotatable bonds is 6. The highest BCUT2D eigenvalue weighted by Crippen LogP contribution is 2.16. The Labute approximate surface area is 143 Å². The largest absolute Gasteiger partial charge is 0.345 e. The predicted molar refractivity (Wildman–Crippen MR) is 97.9 cm³/mol. The van der Waals surface area contributed by atoms with Gasteiger partial charge in [0.05, 0.1) is 5.57 Å². The van der Waals surface area contributed by atoms with Gasteiger partial charge in [0.2, 0.25) is 0 Å². The molecule has 3 nitrogen and oxygen atoms in total. The highest BCUT2D eigenvalue weighted by Gasteiger charge is 2.21. The molecular formula is C21H23NO2. The zero-order chi connectivity index (χ0) is 17.5. The van der Waals surface area contributed by atoms with Crippen LogP contribution in [0.1, 0.15) is 34.8 Å². The van der Waals surface area contributed by atoms with Crippen LogP contribution in [-0.4, -0.2) is 30.7 Å². The van der Waals surface area contributed by atoms with Gasteiger partial charge in [0.25, 0.3) is 5.91 Å². The first-order chi connectivity index (χ1) is 11.5. The zero-order valence-electron chi connectivity index (χ0n) is 14.5. The summed E-state index contributed by atoms with van der Waals surface area (Å²) in [5.41, 5.74) is 2.77. The molecule has 0 aliphatic rings. The van der Waals surface area contributed by atoms with Crippen LogP contribution in [0.5, 0.6) is 0 Å². The summed E-state index contributed by atoms with van der Waals surface area (Å²) < 4.78 is 0. The van der Waals surface area contributed by atoms with Crippen molar-refractivity contribution in [2.24, 2.45) is 0 Å². The molecule has 0 saturated heterocycles. The van der Waals surface area contributed by atoms with Crippen LogP contribution in [0.3, 0.4) is 0 Å². The smallest absolute Gasteiger partial charge is 0.257 e. The Morgan fingerprint density at radius 3 is 2.33 bits per heavy atom. The highest BCUT2D eigenvalue weighted by molar-refractivity contribution is 6.28. The molecule has 0 aliphatic carbocycles. The second kappa shape index (κ2) is 8.25. The number of carbonyl (C=O) groups is 2. The number of aryl methyl sites for hydroxylation is 1. The fraction of sp³-hybridized carbons (Fsp3) is 0.238.